The molecule has 0 aliphatic carbocycles. The number of rotatable bonds is 0. The van der Waals surface area contributed by atoms with Gasteiger partial charge in [-0.1, -0.05) is 0 Å². The van der Waals surface area contributed by atoms with Gasteiger partial charge in [0.05, 0.1) is 12.7 Å². The van der Waals surface area contributed by atoms with E-state index < -0.39 is 5.83 Å². The molecule has 10 heavy (non-hydrogen) atoms. The molecule has 0 aromatic carbocycles. The summed E-state index contributed by atoms with van der Waals surface area (Å²) in [7, 11) is 0. The van der Waals surface area contributed by atoms with Crippen molar-refractivity contribution in [2.24, 2.45) is 0 Å². The molecule has 0 amide bonds. The minimum absolute atomic E-state index is 0.128. The Morgan fingerprint density at radius 3 is 2.90 bits per heavy atom. The first-order valence-electron chi connectivity index (χ1n) is 2.64. The van der Waals surface area contributed by atoms with Gasteiger partial charge in [0, 0.05) is 0 Å². The first-order valence-corrected chi connectivity index (χ1v) is 2.64. The smallest absolute Gasteiger partial charge is 0.140 e. The van der Waals surface area contributed by atoms with E-state index in [1.165, 1.54) is 6.07 Å². The summed E-state index contributed by atoms with van der Waals surface area (Å²) in [6, 6.07) is 1.52. The third-order valence-corrected chi connectivity index (χ3v) is 1.09. The van der Waals surface area contributed by atoms with Crippen LogP contribution in [0.15, 0.2) is 23.7 Å². The Hall–Kier alpha value is -1.37. The summed E-state index contributed by atoms with van der Waals surface area (Å²) >= 11 is 0. The SMILES string of the molecule is N#CC1=CN(F)CC=C1F. The summed E-state index contributed by atoms with van der Waals surface area (Å²) in [5, 5.41) is 8.44. The molecule has 2 nitrogen and oxygen atoms in total. The molecule has 1 aliphatic rings. The Morgan fingerprint density at radius 2 is 2.40 bits per heavy atom. The number of halogens is 2. The number of nitriles is 1. The second kappa shape index (κ2) is 2.48. The highest BCUT2D eigenvalue weighted by atomic mass is 19.2. The molecule has 0 fully saturated rings. The first-order chi connectivity index (χ1) is 4.74. The van der Waals surface area contributed by atoms with E-state index in [1.807, 2.05) is 0 Å². The van der Waals surface area contributed by atoms with Crippen molar-refractivity contribution in [3.05, 3.63) is 23.7 Å². The summed E-state index contributed by atoms with van der Waals surface area (Å²) in [5.74, 6) is -0.656. The Bertz CT molecular complexity index is 237. The quantitative estimate of drug-likeness (QED) is 0.478. The standard InChI is InChI=1S/C6H4F2N2/c7-6-1-2-10(8)4-5(6)3-9/h1,4H,2H2. The number of hydrogen-bond acceptors (Lipinski definition) is 2. The highest BCUT2D eigenvalue weighted by molar-refractivity contribution is 5.39. The van der Waals surface area contributed by atoms with Gasteiger partial charge in [0.2, 0.25) is 0 Å². The highest BCUT2D eigenvalue weighted by Gasteiger charge is 2.11. The largest absolute Gasteiger partial charge is 0.214 e. The lowest BCUT2D eigenvalue weighted by molar-refractivity contribution is 0.102. The third kappa shape index (κ3) is 1.13. The first kappa shape index (κ1) is 6.75. The molecule has 0 radical (unpaired) electrons. The fourth-order valence-electron chi connectivity index (χ4n) is 0.614. The minimum atomic E-state index is -0.656. The number of allylic oxidation sites excluding steroid dienone is 2. The maximum absolute atomic E-state index is 12.4. The maximum Gasteiger partial charge on any atom is 0.140 e. The van der Waals surface area contributed by atoms with Crippen LogP contribution in [-0.4, -0.2) is 11.7 Å². The van der Waals surface area contributed by atoms with Gasteiger partial charge in [0.25, 0.3) is 0 Å². The highest BCUT2D eigenvalue weighted by Crippen LogP contribution is 2.16. The second-order valence-electron chi connectivity index (χ2n) is 1.79. The lowest BCUT2D eigenvalue weighted by atomic mass is 10.2. The average molecular weight is 142 g/mol. The van der Waals surface area contributed by atoms with Crippen LogP contribution in [-0.2, 0) is 0 Å². The summed E-state index contributed by atoms with van der Waals surface area (Å²) in [6.07, 6.45) is 1.84. The monoisotopic (exact) mass is 142 g/mol. The van der Waals surface area contributed by atoms with Gasteiger partial charge in [-0.3, -0.25) is 0 Å². The van der Waals surface area contributed by atoms with Crippen LogP contribution in [0.5, 0.6) is 0 Å². The summed E-state index contributed by atoms with van der Waals surface area (Å²) in [6.45, 7) is -0.128. The Labute approximate surface area is 56.6 Å². The van der Waals surface area contributed by atoms with Crippen molar-refractivity contribution in [1.29, 1.82) is 5.26 Å². The van der Waals surface area contributed by atoms with Gasteiger partial charge in [0.15, 0.2) is 0 Å². The van der Waals surface area contributed by atoms with Crippen LogP contribution in [0.3, 0.4) is 0 Å². The van der Waals surface area contributed by atoms with Crippen LogP contribution in [0, 0.1) is 11.3 Å². The van der Waals surface area contributed by atoms with Crippen LogP contribution in [0.1, 0.15) is 0 Å². The maximum atomic E-state index is 12.4. The summed E-state index contributed by atoms with van der Waals surface area (Å²) in [5.41, 5.74) is -0.270. The summed E-state index contributed by atoms with van der Waals surface area (Å²) in [4.78, 5) is 0. The van der Waals surface area contributed by atoms with Gasteiger partial charge in [-0.25, -0.2) is 9.51 Å². The molecule has 0 bridgehead atoms. The molecule has 1 rings (SSSR count). The average Bonchev–Trinajstić information content (AvgIpc) is 1.94. The molecule has 0 spiro atoms. The van der Waals surface area contributed by atoms with Crippen LogP contribution < -0.4 is 0 Å². The van der Waals surface area contributed by atoms with Crippen molar-refractivity contribution in [2.75, 3.05) is 6.54 Å². The molecule has 0 unspecified atom stereocenters. The molecule has 1 aliphatic heterocycles. The fourth-order valence-corrected chi connectivity index (χ4v) is 0.614. The lowest BCUT2D eigenvalue weighted by Gasteiger charge is -2.10. The normalized spacial score (nSPS) is 17.5. The third-order valence-electron chi connectivity index (χ3n) is 1.09. The van der Waals surface area contributed by atoms with Gasteiger partial charge in [0.1, 0.15) is 17.5 Å². The van der Waals surface area contributed by atoms with Crippen LogP contribution in [0.2, 0.25) is 0 Å². The van der Waals surface area contributed by atoms with Gasteiger partial charge in [-0.05, 0) is 6.08 Å². The molecule has 52 valence electrons. The van der Waals surface area contributed by atoms with E-state index in [0.29, 0.717) is 0 Å². The van der Waals surface area contributed by atoms with Crippen molar-refractivity contribution >= 4 is 0 Å². The molecule has 0 atom stereocenters. The van der Waals surface area contributed by atoms with Crippen molar-refractivity contribution in [1.82, 2.24) is 5.12 Å². The predicted molar refractivity (Wildman–Crippen MR) is 30.7 cm³/mol. The fraction of sp³-hybridized carbons (Fsp3) is 0.167. The molecule has 0 saturated heterocycles. The second-order valence-corrected chi connectivity index (χ2v) is 1.79. The molecule has 0 aromatic heterocycles. The van der Waals surface area contributed by atoms with E-state index in [2.05, 4.69) is 0 Å². The van der Waals surface area contributed by atoms with E-state index >= 15 is 0 Å². The van der Waals surface area contributed by atoms with Gasteiger partial charge >= 0.3 is 0 Å². The molecule has 0 saturated carbocycles. The number of hydrogen-bond donors (Lipinski definition) is 0. The topological polar surface area (TPSA) is 27.0 Å². The lowest BCUT2D eigenvalue weighted by Crippen LogP contribution is -2.10. The van der Waals surface area contributed by atoms with Crippen molar-refractivity contribution in [3.8, 4) is 6.07 Å². The Balaban J connectivity index is 2.87. The molecule has 1 heterocycles. The van der Waals surface area contributed by atoms with Gasteiger partial charge < -0.3 is 0 Å². The number of nitrogens with zero attached hydrogens (tertiary/aromatic N) is 2. The van der Waals surface area contributed by atoms with Gasteiger partial charge in [-0.2, -0.15) is 5.26 Å². The molecule has 4 heteroatoms. The van der Waals surface area contributed by atoms with E-state index in [9.17, 15) is 8.87 Å². The molecular weight excluding hydrogens is 138 g/mol. The molecule has 0 aromatic rings. The Morgan fingerprint density at radius 1 is 1.70 bits per heavy atom. The molecule has 0 N–H and O–H groups in total. The minimum Gasteiger partial charge on any atom is -0.214 e. The van der Waals surface area contributed by atoms with E-state index in [1.54, 1.807) is 0 Å². The molecular formula is C6H4F2N2. The predicted octanol–water partition coefficient (Wildman–Crippen LogP) is 1.45. The van der Waals surface area contributed by atoms with Crippen molar-refractivity contribution in [3.63, 3.8) is 0 Å². The van der Waals surface area contributed by atoms with Crippen LogP contribution in [0.25, 0.3) is 0 Å². The zero-order chi connectivity index (χ0) is 7.56. The summed E-state index contributed by atoms with van der Waals surface area (Å²) < 4.78 is 24.6. The van der Waals surface area contributed by atoms with E-state index in [-0.39, 0.29) is 17.2 Å². The van der Waals surface area contributed by atoms with Crippen molar-refractivity contribution < 1.29 is 8.87 Å². The zero-order valence-corrected chi connectivity index (χ0v) is 5.01. The van der Waals surface area contributed by atoms with E-state index in [0.717, 1.165) is 12.3 Å². The van der Waals surface area contributed by atoms with Crippen molar-refractivity contribution in [2.45, 2.75) is 0 Å². The van der Waals surface area contributed by atoms with Gasteiger partial charge in [-0.15, -0.1) is 4.48 Å². The van der Waals surface area contributed by atoms with Crippen LogP contribution in [0.4, 0.5) is 8.87 Å². The van der Waals surface area contributed by atoms with Crippen LogP contribution >= 0.6 is 0 Å². The Kier molecular flexibility index (Phi) is 1.67. The van der Waals surface area contributed by atoms with E-state index in [4.69, 9.17) is 5.26 Å². The zero-order valence-electron chi connectivity index (χ0n) is 5.01.